The van der Waals surface area contributed by atoms with E-state index in [2.05, 4.69) is 9.97 Å². The number of likely N-dealkylation sites (tertiary alicyclic amines) is 1. The molecule has 0 saturated carbocycles. The quantitative estimate of drug-likeness (QED) is 0.865. The molecule has 0 aliphatic carbocycles. The van der Waals surface area contributed by atoms with Crippen molar-refractivity contribution in [3.05, 3.63) is 54.5 Å². The Kier molecular flexibility index (Phi) is 3.69. The lowest BCUT2D eigenvalue weighted by atomic mass is 9.92. The molecule has 2 aliphatic heterocycles. The molecular weight excluding hydrogens is 310 g/mol. The molecule has 2 aromatic heterocycles. The third-order valence-corrected chi connectivity index (χ3v) is 5.81. The lowest BCUT2D eigenvalue weighted by molar-refractivity contribution is 0.0510. The third kappa shape index (κ3) is 2.91. The first-order chi connectivity index (χ1) is 11.2. The highest BCUT2D eigenvalue weighted by Gasteiger charge is 2.51. The number of rotatable bonds is 3. The minimum absolute atomic E-state index is 0.0194. The second-order valence-corrected chi connectivity index (χ2v) is 7.47. The molecule has 0 N–H and O–H groups in total. The summed E-state index contributed by atoms with van der Waals surface area (Å²) in [7, 11) is 0. The first-order valence-corrected chi connectivity index (χ1v) is 8.65. The van der Waals surface area contributed by atoms with Crippen LogP contribution in [0.25, 0.3) is 0 Å². The van der Waals surface area contributed by atoms with Crippen LogP contribution < -0.4 is 4.74 Å². The highest BCUT2D eigenvalue weighted by molar-refractivity contribution is 8.01. The highest BCUT2D eigenvalue weighted by Crippen LogP contribution is 2.46. The van der Waals surface area contributed by atoms with Gasteiger partial charge in [-0.1, -0.05) is 12.1 Å². The number of aromatic nitrogens is 2. The van der Waals surface area contributed by atoms with Crippen molar-refractivity contribution in [1.82, 2.24) is 14.9 Å². The summed E-state index contributed by atoms with van der Waals surface area (Å²) >= 11 is 1.91. The van der Waals surface area contributed by atoms with Crippen molar-refractivity contribution in [1.29, 1.82) is 0 Å². The average molecular weight is 327 g/mol. The zero-order chi connectivity index (χ0) is 15.7. The van der Waals surface area contributed by atoms with Gasteiger partial charge in [0.2, 0.25) is 5.88 Å². The second kappa shape index (κ2) is 5.85. The van der Waals surface area contributed by atoms with Gasteiger partial charge in [0, 0.05) is 43.7 Å². The standard InChI is InChI=1S/C17H17N3O2S/c21-16(14-5-1-3-7-18-14)20-11-17(12-20)9-13(10-23-17)22-15-6-2-4-8-19-15/h1-8,13H,9-12H2/t13-/m1/s1. The van der Waals surface area contributed by atoms with E-state index in [1.807, 2.05) is 47.0 Å². The van der Waals surface area contributed by atoms with E-state index in [1.165, 1.54) is 0 Å². The van der Waals surface area contributed by atoms with Crippen LogP contribution in [0.3, 0.4) is 0 Å². The molecule has 6 heteroatoms. The predicted octanol–water partition coefficient (Wildman–Crippen LogP) is 2.26. The third-order valence-electron chi connectivity index (χ3n) is 4.23. The van der Waals surface area contributed by atoms with Gasteiger partial charge in [-0.3, -0.25) is 9.78 Å². The molecule has 1 atom stereocenters. The Bertz CT molecular complexity index is 689. The molecule has 1 amide bonds. The summed E-state index contributed by atoms with van der Waals surface area (Å²) in [6.07, 6.45) is 4.52. The molecule has 0 aromatic carbocycles. The zero-order valence-electron chi connectivity index (χ0n) is 12.6. The molecule has 2 aromatic rings. The number of hydrogen-bond acceptors (Lipinski definition) is 5. The van der Waals surface area contributed by atoms with Gasteiger partial charge in [0.1, 0.15) is 11.8 Å². The minimum atomic E-state index is 0.0194. The van der Waals surface area contributed by atoms with Gasteiger partial charge in [-0.25, -0.2) is 4.98 Å². The summed E-state index contributed by atoms with van der Waals surface area (Å²) in [4.78, 5) is 22.6. The van der Waals surface area contributed by atoms with E-state index in [0.29, 0.717) is 11.6 Å². The van der Waals surface area contributed by atoms with E-state index in [0.717, 1.165) is 25.3 Å². The van der Waals surface area contributed by atoms with Gasteiger partial charge in [-0.15, -0.1) is 11.8 Å². The van der Waals surface area contributed by atoms with Crippen LogP contribution in [-0.4, -0.2) is 50.5 Å². The topological polar surface area (TPSA) is 55.3 Å². The number of pyridine rings is 2. The number of carbonyl (C=O) groups excluding carboxylic acids is 1. The minimum Gasteiger partial charge on any atom is -0.473 e. The molecule has 118 valence electrons. The number of amides is 1. The first kappa shape index (κ1) is 14.5. The summed E-state index contributed by atoms with van der Waals surface area (Å²) in [6, 6.07) is 11.1. The van der Waals surface area contributed by atoms with Gasteiger partial charge in [0.25, 0.3) is 5.91 Å². The maximum Gasteiger partial charge on any atom is 0.272 e. The fourth-order valence-corrected chi connectivity index (χ4v) is 4.65. The van der Waals surface area contributed by atoms with E-state index < -0.39 is 0 Å². The van der Waals surface area contributed by atoms with Crippen molar-refractivity contribution in [2.75, 3.05) is 18.8 Å². The summed E-state index contributed by atoms with van der Waals surface area (Å²) in [5.74, 6) is 1.64. The fourth-order valence-electron chi connectivity index (χ4n) is 3.13. The van der Waals surface area contributed by atoms with Crippen molar-refractivity contribution in [3.63, 3.8) is 0 Å². The second-order valence-electron chi connectivity index (χ2n) is 5.98. The molecular formula is C17H17N3O2S. The van der Waals surface area contributed by atoms with Gasteiger partial charge in [0.15, 0.2) is 0 Å². The Morgan fingerprint density at radius 1 is 1.17 bits per heavy atom. The molecule has 5 nitrogen and oxygen atoms in total. The number of hydrogen-bond donors (Lipinski definition) is 0. The highest BCUT2D eigenvalue weighted by atomic mass is 32.2. The molecule has 0 bridgehead atoms. The normalized spacial score (nSPS) is 21.9. The Morgan fingerprint density at radius 2 is 1.96 bits per heavy atom. The monoisotopic (exact) mass is 327 g/mol. The van der Waals surface area contributed by atoms with Crippen molar-refractivity contribution < 1.29 is 9.53 Å². The Labute approximate surface area is 139 Å². The molecule has 1 spiro atoms. The van der Waals surface area contributed by atoms with Gasteiger partial charge in [-0.05, 0) is 18.2 Å². The van der Waals surface area contributed by atoms with Crippen LogP contribution in [0.15, 0.2) is 48.8 Å². The van der Waals surface area contributed by atoms with Crippen molar-refractivity contribution >= 4 is 17.7 Å². The Balaban J connectivity index is 1.34. The summed E-state index contributed by atoms with van der Waals surface area (Å²) in [6.45, 7) is 1.55. The van der Waals surface area contributed by atoms with E-state index in [1.54, 1.807) is 18.5 Å². The lowest BCUT2D eigenvalue weighted by Gasteiger charge is -2.47. The maximum atomic E-state index is 12.4. The molecule has 4 heterocycles. The van der Waals surface area contributed by atoms with E-state index >= 15 is 0 Å². The lowest BCUT2D eigenvalue weighted by Crippen LogP contribution is -2.60. The molecule has 0 unspecified atom stereocenters. The van der Waals surface area contributed by atoms with E-state index in [9.17, 15) is 4.79 Å². The predicted molar refractivity (Wildman–Crippen MR) is 88.6 cm³/mol. The van der Waals surface area contributed by atoms with Gasteiger partial charge < -0.3 is 9.64 Å². The maximum absolute atomic E-state index is 12.4. The number of ether oxygens (including phenoxy) is 1. The van der Waals surface area contributed by atoms with Gasteiger partial charge in [-0.2, -0.15) is 0 Å². The summed E-state index contributed by atoms with van der Waals surface area (Å²) < 4.78 is 6.08. The average Bonchev–Trinajstić information content (AvgIpc) is 2.99. The molecule has 2 aliphatic rings. The van der Waals surface area contributed by atoms with Crippen LogP contribution in [0.2, 0.25) is 0 Å². The van der Waals surface area contributed by atoms with Crippen molar-refractivity contribution in [2.45, 2.75) is 17.3 Å². The Hall–Kier alpha value is -2.08. The van der Waals surface area contributed by atoms with Crippen molar-refractivity contribution in [3.8, 4) is 5.88 Å². The number of thioether (sulfide) groups is 1. The fraction of sp³-hybridized carbons (Fsp3) is 0.353. The van der Waals surface area contributed by atoms with Crippen LogP contribution in [0.1, 0.15) is 16.9 Å². The van der Waals surface area contributed by atoms with Crippen molar-refractivity contribution in [2.24, 2.45) is 0 Å². The molecule has 0 radical (unpaired) electrons. The molecule has 23 heavy (non-hydrogen) atoms. The SMILES string of the molecule is O=C(c1ccccn1)N1CC2(C[C@@H](Oc3ccccn3)CS2)C1. The molecule has 2 fully saturated rings. The molecule has 2 saturated heterocycles. The zero-order valence-corrected chi connectivity index (χ0v) is 13.4. The summed E-state index contributed by atoms with van der Waals surface area (Å²) in [5.41, 5.74) is 0.520. The van der Waals surface area contributed by atoms with Crippen LogP contribution in [0, 0.1) is 0 Å². The number of carbonyl (C=O) groups is 1. The number of nitrogens with zero attached hydrogens (tertiary/aromatic N) is 3. The first-order valence-electron chi connectivity index (χ1n) is 7.66. The van der Waals surface area contributed by atoms with E-state index in [4.69, 9.17) is 4.74 Å². The van der Waals surface area contributed by atoms with Gasteiger partial charge >= 0.3 is 0 Å². The van der Waals surface area contributed by atoms with Crippen LogP contribution in [-0.2, 0) is 0 Å². The largest absolute Gasteiger partial charge is 0.473 e. The van der Waals surface area contributed by atoms with Crippen LogP contribution in [0.5, 0.6) is 5.88 Å². The smallest absolute Gasteiger partial charge is 0.272 e. The van der Waals surface area contributed by atoms with Gasteiger partial charge in [0.05, 0.1) is 4.75 Å². The Morgan fingerprint density at radius 3 is 2.65 bits per heavy atom. The van der Waals surface area contributed by atoms with Crippen LogP contribution >= 0.6 is 11.8 Å². The van der Waals surface area contributed by atoms with Crippen LogP contribution in [0.4, 0.5) is 0 Å². The summed E-state index contributed by atoms with van der Waals surface area (Å²) in [5, 5.41) is 0. The van der Waals surface area contributed by atoms with E-state index in [-0.39, 0.29) is 16.8 Å². The molecule has 4 rings (SSSR count).